The fraction of sp³-hybridized carbons (Fsp3) is 0.148. The largest absolute Gasteiger partial charge is 0.497 e. The van der Waals surface area contributed by atoms with E-state index in [1.807, 2.05) is 85.8 Å². The van der Waals surface area contributed by atoms with Gasteiger partial charge in [0.2, 0.25) is 5.95 Å². The highest BCUT2D eigenvalue weighted by atomic mass is 16.5. The second-order valence-electron chi connectivity index (χ2n) is 7.86. The molecule has 0 unspecified atom stereocenters. The van der Waals surface area contributed by atoms with Crippen molar-refractivity contribution in [3.05, 3.63) is 90.1 Å². The van der Waals surface area contributed by atoms with Crippen molar-refractivity contribution in [1.82, 2.24) is 9.97 Å². The van der Waals surface area contributed by atoms with E-state index in [1.54, 1.807) is 7.11 Å². The van der Waals surface area contributed by atoms with Crippen LogP contribution in [0.15, 0.2) is 78.9 Å². The van der Waals surface area contributed by atoms with E-state index in [9.17, 15) is 4.79 Å². The first-order valence-electron chi connectivity index (χ1n) is 11.3. The summed E-state index contributed by atoms with van der Waals surface area (Å²) < 4.78 is 5.20. The number of benzene rings is 3. The Hall–Kier alpha value is -4.59. The predicted octanol–water partition coefficient (Wildman–Crippen LogP) is 6.49. The Morgan fingerprint density at radius 1 is 0.829 bits per heavy atom. The molecule has 2 amide bonds. The van der Waals surface area contributed by atoms with Crippen LogP contribution in [-0.2, 0) is 6.42 Å². The molecule has 0 aliphatic carbocycles. The summed E-state index contributed by atoms with van der Waals surface area (Å²) in [4.78, 5) is 21.4. The molecule has 4 rings (SSSR count). The van der Waals surface area contributed by atoms with Crippen LogP contribution < -0.4 is 26.0 Å². The number of ether oxygens (including phenoxy) is 1. The normalized spacial score (nSPS) is 10.4. The van der Waals surface area contributed by atoms with E-state index in [1.165, 1.54) is 0 Å². The average molecular weight is 469 g/mol. The molecule has 35 heavy (non-hydrogen) atoms. The molecule has 0 saturated carbocycles. The van der Waals surface area contributed by atoms with Gasteiger partial charge in [-0.15, -0.1) is 0 Å². The van der Waals surface area contributed by atoms with E-state index in [2.05, 4.69) is 38.2 Å². The van der Waals surface area contributed by atoms with Gasteiger partial charge in [-0.25, -0.2) is 9.78 Å². The fourth-order valence-corrected chi connectivity index (χ4v) is 3.51. The summed E-state index contributed by atoms with van der Waals surface area (Å²) in [6, 6.07) is 24.3. The zero-order valence-electron chi connectivity index (χ0n) is 19.9. The molecule has 8 nitrogen and oxygen atoms in total. The van der Waals surface area contributed by atoms with E-state index < -0.39 is 0 Å². The summed E-state index contributed by atoms with van der Waals surface area (Å²) in [7, 11) is 1.64. The van der Waals surface area contributed by atoms with Crippen molar-refractivity contribution in [3.63, 3.8) is 0 Å². The van der Waals surface area contributed by atoms with Crippen LogP contribution in [0.3, 0.4) is 0 Å². The molecule has 0 aliphatic rings. The lowest BCUT2D eigenvalue weighted by Crippen LogP contribution is -2.20. The first-order valence-corrected chi connectivity index (χ1v) is 11.3. The van der Waals surface area contributed by atoms with E-state index in [4.69, 9.17) is 4.74 Å². The molecular weight excluding hydrogens is 440 g/mol. The third kappa shape index (κ3) is 6.48. The minimum atomic E-state index is -0.289. The molecule has 4 N–H and O–H groups in total. The molecule has 0 bridgehead atoms. The smallest absolute Gasteiger partial charge is 0.323 e. The Morgan fingerprint density at radius 2 is 1.49 bits per heavy atom. The number of para-hydroxylation sites is 1. The van der Waals surface area contributed by atoms with Crippen LogP contribution in [0.2, 0.25) is 0 Å². The van der Waals surface area contributed by atoms with Gasteiger partial charge < -0.3 is 26.0 Å². The van der Waals surface area contributed by atoms with Crippen LogP contribution in [0.1, 0.15) is 18.2 Å². The lowest BCUT2D eigenvalue weighted by Gasteiger charge is -2.12. The van der Waals surface area contributed by atoms with Crippen LogP contribution in [0.4, 0.5) is 39.3 Å². The SMILES string of the molecule is CCc1ccccc1NC(=O)Nc1ccc(Nc2nc(C)cc(Nc3ccc(OC)cc3)n2)cc1. The standard InChI is InChI=1S/C27H28N6O2/c1-4-19-7-5-6-8-24(19)32-27(34)31-22-11-9-21(10-12-22)30-26-28-18(2)17-25(33-26)29-20-13-15-23(35-3)16-14-20/h5-17H,4H2,1-3H3,(H2,31,32,34)(H2,28,29,30,33). The molecule has 0 atom stereocenters. The molecule has 0 fully saturated rings. The Balaban J connectivity index is 1.38. The molecule has 3 aromatic carbocycles. The van der Waals surface area contributed by atoms with Gasteiger partial charge in [0, 0.05) is 34.5 Å². The molecule has 1 heterocycles. The number of hydrogen-bond acceptors (Lipinski definition) is 6. The summed E-state index contributed by atoms with van der Waals surface area (Å²) in [6.07, 6.45) is 0.842. The number of anilines is 6. The van der Waals surface area contributed by atoms with Crippen LogP contribution in [0.5, 0.6) is 5.75 Å². The number of aryl methyl sites for hydroxylation is 2. The Bertz CT molecular complexity index is 1290. The topological polar surface area (TPSA) is 100 Å². The van der Waals surface area contributed by atoms with Crippen molar-refractivity contribution in [3.8, 4) is 5.75 Å². The van der Waals surface area contributed by atoms with Crippen LogP contribution in [0, 0.1) is 6.92 Å². The third-order valence-corrected chi connectivity index (χ3v) is 5.26. The third-order valence-electron chi connectivity index (χ3n) is 5.26. The lowest BCUT2D eigenvalue weighted by molar-refractivity contribution is 0.262. The monoisotopic (exact) mass is 468 g/mol. The van der Waals surface area contributed by atoms with Gasteiger partial charge in [0.05, 0.1) is 7.11 Å². The zero-order valence-corrected chi connectivity index (χ0v) is 19.9. The van der Waals surface area contributed by atoms with Crippen molar-refractivity contribution in [2.45, 2.75) is 20.3 Å². The lowest BCUT2D eigenvalue weighted by atomic mass is 10.1. The van der Waals surface area contributed by atoms with Gasteiger partial charge in [-0.2, -0.15) is 4.98 Å². The minimum Gasteiger partial charge on any atom is -0.497 e. The molecule has 0 radical (unpaired) electrons. The number of nitrogens with zero attached hydrogens (tertiary/aromatic N) is 2. The molecule has 8 heteroatoms. The van der Waals surface area contributed by atoms with Gasteiger partial charge in [0.25, 0.3) is 0 Å². The number of amides is 2. The van der Waals surface area contributed by atoms with Crippen LogP contribution >= 0.6 is 0 Å². The number of rotatable bonds is 8. The first-order chi connectivity index (χ1) is 17.0. The highest BCUT2D eigenvalue weighted by Gasteiger charge is 2.07. The van der Waals surface area contributed by atoms with Crippen molar-refractivity contribution >= 4 is 40.5 Å². The van der Waals surface area contributed by atoms with Crippen LogP contribution in [-0.4, -0.2) is 23.1 Å². The summed E-state index contributed by atoms with van der Waals surface area (Å²) >= 11 is 0. The van der Waals surface area contributed by atoms with Gasteiger partial charge >= 0.3 is 6.03 Å². The van der Waals surface area contributed by atoms with E-state index in [0.29, 0.717) is 17.5 Å². The predicted molar refractivity (Wildman–Crippen MR) is 141 cm³/mol. The minimum absolute atomic E-state index is 0.289. The quantitative estimate of drug-likeness (QED) is 0.236. The molecule has 4 aromatic rings. The second-order valence-corrected chi connectivity index (χ2v) is 7.86. The zero-order chi connectivity index (χ0) is 24.6. The Kier molecular flexibility index (Phi) is 7.42. The Morgan fingerprint density at radius 3 is 2.20 bits per heavy atom. The van der Waals surface area contributed by atoms with Gasteiger partial charge in [0.1, 0.15) is 11.6 Å². The number of carbonyl (C=O) groups is 1. The van der Waals surface area contributed by atoms with Gasteiger partial charge in [-0.05, 0) is 73.5 Å². The summed E-state index contributed by atoms with van der Waals surface area (Å²) in [5.41, 5.74) is 5.08. The number of nitrogens with one attached hydrogen (secondary N) is 4. The number of urea groups is 1. The summed E-state index contributed by atoms with van der Waals surface area (Å²) in [5, 5.41) is 12.3. The first kappa shape index (κ1) is 23.6. The molecule has 0 saturated heterocycles. The maximum atomic E-state index is 12.4. The van der Waals surface area contributed by atoms with Crippen molar-refractivity contribution < 1.29 is 9.53 Å². The highest BCUT2D eigenvalue weighted by molar-refractivity contribution is 6.00. The number of methoxy groups -OCH3 is 1. The van der Waals surface area contributed by atoms with Gasteiger partial charge in [-0.3, -0.25) is 0 Å². The van der Waals surface area contributed by atoms with Gasteiger partial charge in [-0.1, -0.05) is 25.1 Å². The molecule has 0 spiro atoms. The maximum Gasteiger partial charge on any atom is 0.323 e. The fourth-order valence-electron chi connectivity index (χ4n) is 3.51. The molecule has 178 valence electrons. The van der Waals surface area contributed by atoms with Gasteiger partial charge in [0.15, 0.2) is 0 Å². The highest BCUT2D eigenvalue weighted by Crippen LogP contribution is 2.22. The van der Waals surface area contributed by atoms with Crippen molar-refractivity contribution in [2.75, 3.05) is 28.4 Å². The molecule has 0 aliphatic heterocycles. The number of aromatic nitrogens is 2. The second kappa shape index (κ2) is 11.0. The Labute approximate surface area is 204 Å². The maximum absolute atomic E-state index is 12.4. The number of hydrogen-bond donors (Lipinski definition) is 4. The van der Waals surface area contributed by atoms with E-state index in [0.717, 1.165) is 40.5 Å². The molecule has 1 aromatic heterocycles. The van der Waals surface area contributed by atoms with Crippen molar-refractivity contribution in [2.24, 2.45) is 0 Å². The van der Waals surface area contributed by atoms with Crippen LogP contribution in [0.25, 0.3) is 0 Å². The number of carbonyl (C=O) groups excluding carboxylic acids is 1. The van der Waals surface area contributed by atoms with E-state index >= 15 is 0 Å². The average Bonchev–Trinajstić information content (AvgIpc) is 2.85. The molecular formula is C27H28N6O2. The van der Waals surface area contributed by atoms with E-state index in [-0.39, 0.29) is 6.03 Å². The van der Waals surface area contributed by atoms with Crippen molar-refractivity contribution in [1.29, 1.82) is 0 Å². The summed E-state index contributed by atoms with van der Waals surface area (Å²) in [5.74, 6) is 1.93. The summed E-state index contributed by atoms with van der Waals surface area (Å²) in [6.45, 7) is 3.97.